The number of hydrogen-bond acceptors (Lipinski definition) is 5. The van der Waals surface area contributed by atoms with Crippen molar-refractivity contribution < 1.29 is 14.3 Å². The second-order valence-electron chi connectivity index (χ2n) is 5.38. The van der Waals surface area contributed by atoms with Crippen molar-refractivity contribution in [3.8, 4) is 11.3 Å². The lowest BCUT2D eigenvalue weighted by molar-refractivity contribution is 0.0527. The fourth-order valence-electron chi connectivity index (χ4n) is 2.33. The Hall–Kier alpha value is -3.13. The first kappa shape index (κ1) is 17.7. The first-order chi connectivity index (χ1) is 12.5. The lowest BCUT2D eigenvalue weighted by Crippen LogP contribution is -2.18. The van der Waals surface area contributed by atoms with Crippen LogP contribution < -0.4 is 5.32 Å². The van der Waals surface area contributed by atoms with Crippen molar-refractivity contribution in [2.24, 2.45) is 7.05 Å². The highest BCUT2D eigenvalue weighted by Gasteiger charge is 2.20. The molecule has 0 saturated carbocycles. The van der Waals surface area contributed by atoms with E-state index in [4.69, 9.17) is 16.3 Å². The molecule has 0 bridgehead atoms. The van der Waals surface area contributed by atoms with Crippen molar-refractivity contribution in [3.05, 3.63) is 52.8 Å². The van der Waals surface area contributed by atoms with Crippen LogP contribution in [0.1, 0.15) is 27.8 Å². The minimum atomic E-state index is -0.553. The van der Waals surface area contributed by atoms with Crippen LogP contribution >= 0.6 is 11.6 Å². The number of aromatic amines is 1. The summed E-state index contributed by atoms with van der Waals surface area (Å²) in [6, 6.07) is 8.71. The molecule has 8 nitrogen and oxygen atoms in total. The number of nitrogens with one attached hydrogen (secondary N) is 2. The van der Waals surface area contributed by atoms with Crippen LogP contribution in [0.25, 0.3) is 11.3 Å². The van der Waals surface area contributed by atoms with Gasteiger partial charge in [-0.2, -0.15) is 10.2 Å². The third kappa shape index (κ3) is 3.60. The minimum absolute atomic E-state index is 0.181. The highest BCUT2D eigenvalue weighted by Crippen LogP contribution is 2.21. The maximum Gasteiger partial charge on any atom is 0.343 e. The molecule has 2 heterocycles. The fraction of sp³-hybridized carbons (Fsp3) is 0.176. The summed E-state index contributed by atoms with van der Waals surface area (Å²) in [7, 11) is 1.62. The number of H-pyrrole nitrogens is 1. The molecule has 2 aromatic heterocycles. The normalized spacial score (nSPS) is 10.6. The van der Waals surface area contributed by atoms with E-state index in [9.17, 15) is 9.59 Å². The Bertz CT molecular complexity index is 946. The van der Waals surface area contributed by atoms with Crippen molar-refractivity contribution in [3.63, 3.8) is 0 Å². The second-order valence-corrected chi connectivity index (χ2v) is 5.82. The number of nitrogens with zero attached hydrogens (tertiary/aromatic N) is 3. The highest BCUT2D eigenvalue weighted by atomic mass is 35.5. The van der Waals surface area contributed by atoms with Crippen molar-refractivity contribution in [1.82, 2.24) is 20.0 Å². The van der Waals surface area contributed by atoms with E-state index in [1.54, 1.807) is 44.3 Å². The zero-order chi connectivity index (χ0) is 18.7. The monoisotopic (exact) mass is 373 g/mol. The number of aromatic nitrogens is 4. The van der Waals surface area contributed by atoms with Gasteiger partial charge in [0.15, 0.2) is 0 Å². The van der Waals surface area contributed by atoms with Crippen LogP contribution in [-0.4, -0.2) is 38.5 Å². The number of aryl methyl sites for hydroxylation is 1. The predicted octanol–water partition coefficient (Wildman–Crippen LogP) is 2.89. The largest absolute Gasteiger partial charge is 0.462 e. The molecule has 3 aromatic rings. The number of rotatable bonds is 5. The fourth-order valence-corrected chi connectivity index (χ4v) is 2.45. The van der Waals surface area contributed by atoms with E-state index >= 15 is 0 Å². The maximum atomic E-state index is 12.5. The number of amides is 1. The van der Waals surface area contributed by atoms with Gasteiger partial charge in [0.1, 0.15) is 17.1 Å². The minimum Gasteiger partial charge on any atom is -0.462 e. The molecule has 26 heavy (non-hydrogen) atoms. The van der Waals surface area contributed by atoms with Crippen LogP contribution in [0, 0.1) is 0 Å². The summed E-state index contributed by atoms with van der Waals surface area (Å²) in [5.74, 6) is -0.759. The van der Waals surface area contributed by atoms with E-state index < -0.39 is 11.9 Å². The Kier molecular flexibility index (Phi) is 5.04. The summed E-state index contributed by atoms with van der Waals surface area (Å²) < 4.78 is 6.36. The SMILES string of the molecule is CCOC(=O)c1cnn(C)c1NC(=O)c1cc(-c2ccc(Cl)cc2)n[nH]1. The Morgan fingerprint density at radius 3 is 2.73 bits per heavy atom. The van der Waals surface area contributed by atoms with E-state index in [0.717, 1.165) is 5.56 Å². The molecule has 0 saturated heterocycles. The van der Waals surface area contributed by atoms with Crippen molar-refractivity contribution in [1.29, 1.82) is 0 Å². The number of ether oxygens (including phenoxy) is 1. The summed E-state index contributed by atoms with van der Waals surface area (Å²) in [5, 5.41) is 14.1. The average Bonchev–Trinajstić information content (AvgIpc) is 3.24. The Morgan fingerprint density at radius 2 is 2.04 bits per heavy atom. The van der Waals surface area contributed by atoms with Gasteiger partial charge in [-0.25, -0.2) is 4.79 Å². The van der Waals surface area contributed by atoms with Crippen LogP contribution in [0.5, 0.6) is 0 Å². The first-order valence-electron chi connectivity index (χ1n) is 7.81. The molecule has 0 fully saturated rings. The van der Waals surface area contributed by atoms with Crippen molar-refractivity contribution in [2.75, 3.05) is 11.9 Å². The molecule has 0 aliphatic rings. The number of esters is 1. The topological polar surface area (TPSA) is 102 Å². The molecule has 0 unspecified atom stereocenters. The molecule has 134 valence electrons. The van der Waals surface area contributed by atoms with E-state index in [1.165, 1.54) is 10.9 Å². The van der Waals surface area contributed by atoms with Crippen LogP contribution in [0.15, 0.2) is 36.5 Å². The molecule has 3 rings (SSSR count). The maximum absolute atomic E-state index is 12.5. The van der Waals surface area contributed by atoms with Crippen molar-refractivity contribution >= 4 is 29.3 Å². The average molecular weight is 374 g/mol. The molecule has 9 heteroatoms. The van der Waals surface area contributed by atoms with Gasteiger partial charge in [0, 0.05) is 17.6 Å². The summed E-state index contributed by atoms with van der Waals surface area (Å²) in [6.45, 7) is 1.93. The smallest absolute Gasteiger partial charge is 0.343 e. The second kappa shape index (κ2) is 7.40. The van der Waals surface area contributed by atoms with E-state index in [1.807, 2.05) is 0 Å². The molecule has 0 aliphatic carbocycles. The number of benzene rings is 1. The van der Waals surface area contributed by atoms with Gasteiger partial charge in [-0.1, -0.05) is 23.7 Å². The lowest BCUT2D eigenvalue weighted by atomic mass is 10.1. The summed E-state index contributed by atoms with van der Waals surface area (Å²) >= 11 is 5.87. The molecule has 0 atom stereocenters. The number of carbonyl (C=O) groups excluding carboxylic acids is 2. The third-order valence-corrected chi connectivity index (χ3v) is 3.88. The van der Waals surface area contributed by atoms with Gasteiger partial charge in [-0.3, -0.25) is 14.6 Å². The van der Waals surface area contributed by atoms with Crippen LogP contribution in [0.3, 0.4) is 0 Å². The van der Waals surface area contributed by atoms with E-state index in [2.05, 4.69) is 20.6 Å². The van der Waals surface area contributed by atoms with Gasteiger partial charge in [-0.05, 0) is 25.1 Å². The highest BCUT2D eigenvalue weighted by molar-refractivity contribution is 6.30. The number of carbonyl (C=O) groups is 2. The standard InChI is InChI=1S/C17H16ClN5O3/c1-3-26-17(25)12-9-19-23(2)15(12)20-16(24)14-8-13(21-22-14)10-4-6-11(18)7-5-10/h4-9H,3H2,1-2H3,(H,20,24)(H,21,22). The third-order valence-electron chi connectivity index (χ3n) is 3.63. The molecule has 1 amide bonds. The van der Waals surface area contributed by atoms with Crippen LogP contribution in [0.2, 0.25) is 5.02 Å². The number of hydrogen-bond donors (Lipinski definition) is 2. The first-order valence-corrected chi connectivity index (χ1v) is 8.19. The van der Waals surface area contributed by atoms with Gasteiger partial charge in [0.05, 0.1) is 18.5 Å². The Morgan fingerprint density at radius 1 is 1.31 bits per heavy atom. The molecular weight excluding hydrogens is 358 g/mol. The van der Waals surface area contributed by atoms with Gasteiger partial charge >= 0.3 is 5.97 Å². The molecule has 0 spiro atoms. The zero-order valence-corrected chi connectivity index (χ0v) is 14.9. The Labute approximate surface area is 154 Å². The van der Waals surface area contributed by atoms with Gasteiger partial charge in [0.25, 0.3) is 5.91 Å². The number of halogens is 1. The van der Waals surface area contributed by atoms with Crippen LogP contribution in [0.4, 0.5) is 5.82 Å². The molecular formula is C17H16ClN5O3. The zero-order valence-electron chi connectivity index (χ0n) is 14.1. The summed E-state index contributed by atoms with van der Waals surface area (Å²) in [5.41, 5.74) is 1.84. The summed E-state index contributed by atoms with van der Waals surface area (Å²) in [4.78, 5) is 24.5. The van der Waals surface area contributed by atoms with Gasteiger partial charge in [0.2, 0.25) is 0 Å². The molecule has 0 radical (unpaired) electrons. The van der Waals surface area contributed by atoms with E-state index in [-0.39, 0.29) is 23.7 Å². The molecule has 0 aliphatic heterocycles. The summed E-state index contributed by atoms with van der Waals surface area (Å²) in [6.07, 6.45) is 1.35. The van der Waals surface area contributed by atoms with E-state index in [0.29, 0.717) is 10.7 Å². The molecule has 1 aromatic carbocycles. The van der Waals surface area contributed by atoms with Gasteiger partial charge in [-0.15, -0.1) is 0 Å². The van der Waals surface area contributed by atoms with Crippen molar-refractivity contribution in [2.45, 2.75) is 6.92 Å². The quantitative estimate of drug-likeness (QED) is 0.669. The number of anilines is 1. The predicted molar refractivity (Wildman–Crippen MR) is 96.2 cm³/mol. The lowest BCUT2D eigenvalue weighted by Gasteiger charge is -2.07. The molecule has 2 N–H and O–H groups in total. The van der Waals surface area contributed by atoms with Gasteiger partial charge < -0.3 is 10.1 Å². The van der Waals surface area contributed by atoms with Crippen LogP contribution in [-0.2, 0) is 11.8 Å². The Balaban J connectivity index is 1.80.